The maximum atomic E-state index is 9.19. The van der Waals surface area contributed by atoms with Crippen molar-refractivity contribution in [1.29, 1.82) is 5.26 Å². The molecule has 0 spiro atoms. The van der Waals surface area contributed by atoms with E-state index in [0.717, 1.165) is 19.4 Å². The topological polar surface area (TPSA) is 39.9 Å². The highest BCUT2D eigenvalue weighted by atomic mass is 15.1. The summed E-state index contributed by atoms with van der Waals surface area (Å²) in [5.74, 6) is 0.204. The van der Waals surface area contributed by atoms with Gasteiger partial charge in [-0.2, -0.15) is 5.26 Å². The lowest BCUT2D eigenvalue weighted by molar-refractivity contribution is 0.150. The predicted octanol–water partition coefficient (Wildman–Crippen LogP) is 2.60. The maximum Gasteiger partial charge on any atom is 0.0672 e. The van der Waals surface area contributed by atoms with Crippen molar-refractivity contribution in [1.82, 2.24) is 9.88 Å². The number of aromatic nitrogens is 1. The molecule has 0 aliphatic heterocycles. The molecule has 17 heavy (non-hydrogen) atoms. The lowest BCUT2D eigenvalue weighted by Gasteiger charge is -2.34. The molecule has 1 heterocycles. The molecular weight excluding hydrogens is 210 g/mol. The normalized spacial score (nSPS) is 24.5. The van der Waals surface area contributed by atoms with Crippen molar-refractivity contribution in [3.63, 3.8) is 0 Å². The fourth-order valence-corrected chi connectivity index (χ4v) is 2.68. The molecule has 1 saturated carbocycles. The van der Waals surface area contributed by atoms with Crippen LogP contribution in [-0.2, 0) is 6.54 Å². The first kappa shape index (κ1) is 12.1. The number of hydrogen-bond acceptors (Lipinski definition) is 3. The van der Waals surface area contributed by atoms with E-state index in [2.05, 4.69) is 23.0 Å². The molecule has 1 fully saturated rings. The highest BCUT2D eigenvalue weighted by Gasteiger charge is 2.27. The third-order valence-corrected chi connectivity index (χ3v) is 3.64. The molecule has 3 heteroatoms. The first-order chi connectivity index (χ1) is 8.31. The number of nitrogens with zero attached hydrogens (tertiary/aromatic N) is 3. The Balaban J connectivity index is 1.99. The van der Waals surface area contributed by atoms with E-state index < -0.39 is 0 Å². The summed E-state index contributed by atoms with van der Waals surface area (Å²) in [6.45, 7) is 0.908. The lowest BCUT2D eigenvalue weighted by Crippen LogP contribution is -2.39. The lowest BCUT2D eigenvalue weighted by atomic mass is 9.84. The fraction of sp³-hybridized carbons (Fsp3) is 0.571. The summed E-state index contributed by atoms with van der Waals surface area (Å²) in [5, 5.41) is 9.19. The van der Waals surface area contributed by atoms with E-state index in [0.29, 0.717) is 6.04 Å². The summed E-state index contributed by atoms with van der Waals surface area (Å²) in [6.07, 6.45) is 8.32. The zero-order valence-electron chi connectivity index (χ0n) is 10.3. The van der Waals surface area contributed by atoms with Crippen LogP contribution in [0.5, 0.6) is 0 Å². The van der Waals surface area contributed by atoms with Crippen molar-refractivity contribution in [2.45, 2.75) is 38.3 Å². The van der Waals surface area contributed by atoms with Crippen molar-refractivity contribution in [3.05, 3.63) is 30.1 Å². The van der Waals surface area contributed by atoms with Crippen molar-refractivity contribution < 1.29 is 0 Å². The standard InChI is InChI=1S/C14H19N3/c1-17(11-12-6-8-16-9-7-12)14-5-3-2-4-13(14)10-15/h6-9,13-14H,2-5,11H2,1H3. The van der Waals surface area contributed by atoms with E-state index in [4.69, 9.17) is 0 Å². The van der Waals surface area contributed by atoms with Gasteiger partial charge >= 0.3 is 0 Å². The number of rotatable bonds is 3. The number of nitriles is 1. The molecule has 0 radical (unpaired) electrons. The van der Waals surface area contributed by atoms with Crippen LogP contribution in [0.1, 0.15) is 31.2 Å². The third-order valence-electron chi connectivity index (χ3n) is 3.64. The molecule has 0 saturated heterocycles. The Morgan fingerprint density at radius 1 is 1.35 bits per heavy atom. The minimum absolute atomic E-state index is 0.204. The zero-order valence-corrected chi connectivity index (χ0v) is 10.3. The SMILES string of the molecule is CN(Cc1ccncc1)C1CCCCC1C#N. The molecular formula is C14H19N3. The van der Waals surface area contributed by atoms with Crippen LogP contribution >= 0.6 is 0 Å². The van der Waals surface area contributed by atoms with Gasteiger partial charge in [0, 0.05) is 25.0 Å². The van der Waals surface area contributed by atoms with Gasteiger partial charge in [-0.1, -0.05) is 12.8 Å². The minimum atomic E-state index is 0.204. The Bertz CT molecular complexity index is 382. The molecule has 3 nitrogen and oxygen atoms in total. The van der Waals surface area contributed by atoms with Crippen LogP contribution in [0.15, 0.2) is 24.5 Å². The van der Waals surface area contributed by atoms with Gasteiger partial charge in [0.25, 0.3) is 0 Å². The van der Waals surface area contributed by atoms with Crippen LogP contribution in [0.25, 0.3) is 0 Å². The molecule has 1 aromatic rings. The second-order valence-corrected chi connectivity index (χ2v) is 4.86. The first-order valence-corrected chi connectivity index (χ1v) is 6.30. The summed E-state index contributed by atoms with van der Waals surface area (Å²) in [7, 11) is 2.13. The number of hydrogen-bond donors (Lipinski definition) is 0. The van der Waals surface area contributed by atoms with Gasteiger partial charge in [0.05, 0.1) is 12.0 Å². The van der Waals surface area contributed by atoms with Gasteiger partial charge in [0.2, 0.25) is 0 Å². The Kier molecular flexibility index (Phi) is 4.11. The van der Waals surface area contributed by atoms with E-state index >= 15 is 0 Å². The van der Waals surface area contributed by atoms with Gasteiger partial charge in [-0.05, 0) is 37.6 Å². The van der Waals surface area contributed by atoms with Crippen molar-refractivity contribution in [2.75, 3.05) is 7.05 Å². The molecule has 1 aliphatic carbocycles. The van der Waals surface area contributed by atoms with Gasteiger partial charge in [-0.15, -0.1) is 0 Å². The molecule has 1 aliphatic rings. The molecule has 90 valence electrons. The van der Waals surface area contributed by atoms with Crippen LogP contribution in [0, 0.1) is 17.2 Å². The molecule has 2 atom stereocenters. The largest absolute Gasteiger partial charge is 0.298 e. The molecule has 0 amide bonds. The van der Waals surface area contributed by atoms with Gasteiger partial charge in [0.15, 0.2) is 0 Å². The van der Waals surface area contributed by atoms with Gasteiger partial charge in [-0.25, -0.2) is 0 Å². The zero-order chi connectivity index (χ0) is 12.1. The van der Waals surface area contributed by atoms with Crippen molar-refractivity contribution in [3.8, 4) is 6.07 Å². The average Bonchev–Trinajstić information content (AvgIpc) is 2.40. The Labute approximate surface area is 103 Å². The van der Waals surface area contributed by atoms with Gasteiger partial charge < -0.3 is 0 Å². The maximum absolute atomic E-state index is 9.19. The minimum Gasteiger partial charge on any atom is -0.298 e. The van der Waals surface area contributed by atoms with E-state index in [1.54, 1.807) is 0 Å². The highest BCUT2D eigenvalue weighted by Crippen LogP contribution is 2.28. The quantitative estimate of drug-likeness (QED) is 0.799. The molecule has 0 bridgehead atoms. The summed E-state index contributed by atoms with van der Waals surface area (Å²) in [5.41, 5.74) is 1.27. The first-order valence-electron chi connectivity index (χ1n) is 6.30. The van der Waals surface area contributed by atoms with E-state index in [-0.39, 0.29) is 5.92 Å². The van der Waals surface area contributed by atoms with Crippen molar-refractivity contribution >= 4 is 0 Å². The van der Waals surface area contributed by atoms with Crippen LogP contribution in [0.3, 0.4) is 0 Å². The highest BCUT2D eigenvalue weighted by molar-refractivity contribution is 5.10. The summed E-state index contributed by atoms with van der Waals surface area (Å²) in [4.78, 5) is 6.35. The van der Waals surface area contributed by atoms with Crippen molar-refractivity contribution in [2.24, 2.45) is 5.92 Å². The van der Waals surface area contributed by atoms with Crippen LogP contribution < -0.4 is 0 Å². The van der Waals surface area contributed by atoms with E-state index in [9.17, 15) is 5.26 Å². The predicted molar refractivity (Wildman–Crippen MR) is 67.1 cm³/mol. The molecule has 2 unspecified atom stereocenters. The summed E-state index contributed by atoms with van der Waals surface area (Å²) in [6, 6.07) is 6.97. The molecule has 2 rings (SSSR count). The Morgan fingerprint density at radius 3 is 2.76 bits per heavy atom. The average molecular weight is 229 g/mol. The second kappa shape index (κ2) is 5.79. The molecule has 0 aromatic carbocycles. The van der Waals surface area contributed by atoms with E-state index in [1.165, 1.54) is 18.4 Å². The van der Waals surface area contributed by atoms with Crippen LogP contribution in [0.2, 0.25) is 0 Å². The molecule has 1 aromatic heterocycles. The smallest absolute Gasteiger partial charge is 0.0672 e. The summed E-state index contributed by atoms with van der Waals surface area (Å²) < 4.78 is 0. The second-order valence-electron chi connectivity index (χ2n) is 4.86. The monoisotopic (exact) mass is 229 g/mol. The number of pyridine rings is 1. The van der Waals surface area contributed by atoms with Gasteiger partial charge in [0.1, 0.15) is 0 Å². The fourth-order valence-electron chi connectivity index (χ4n) is 2.68. The van der Waals surface area contributed by atoms with Crippen LogP contribution in [0.4, 0.5) is 0 Å². The summed E-state index contributed by atoms with van der Waals surface area (Å²) >= 11 is 0. The Morgan fingerprint density at radius 2 is 2.06 bits per heavy atom. The van der Waals surface area contributed by atoms with Crippen LogP contribution in [-0.4, -0.2) is 23.0 Å². The van der Waals surface area contributed by atoms with E-state index in [1.807, 2.05) is 24.5 Å². The molecule has 0 N–H and O–H groups in total. The van der Waals surface area contributed by atoms with Gasteiger partial charge in [-0.3, -0.25) is 9.88 Å². The third kappa shape index (κ3) is 3.04. The Hall–Kier alpha value is -1.40.